The highest BCUT2D eigenvalue weighted by Gasteiger charge is 2.42. The fourth-order valence-electron chi connectivity index (χ4n) is 2.45. The number of hydrogen-bond donors (Lipinski definition) is 1. The molecule has 1 aliphatic heterocycles. The largest absolute Gasteiger partial charge is 0.481 e. The van der Waals surface area contributed by atoms with Crippen LogP contribution in [-0.4, -0.2) is 55.2 Å². The van der Waals surface area contributed by atoms with Gasteiger partial charge in [-0.1, -0.05) is 6.92 Å². The lowest BCUT2D eigenvalue weighted by atomic mass is 9.77. The van der Waals surface area contributed by atoms with E-state index in [9.17, 15) is 14.7 Å². The summed E-state index contributed by atoms with van der Waals surface area (Å²) in [4.78, 5) is 25.1. The number of rotatable bonds is 4. The van der Waals surface area contributed by atoms with Crippen LogP contribution in [0.1, 0.15) is 26.2 Å². The SMILES string of the molecule is CCC1(C(=O)O)CCCN(C(=O)Cn2cnnn2)C1. The number of carbonyl (C=O) groups is 2. The van der Waals surface area contributed by atoms with Crippen molar-refractivity contribution in [2.24, 2.45) is 5.41 Å². The number of hydrogen-bond acceptors (Lipinski definition) is 5. The van der Waals surface area contributed by atoms with E-state index in [-0.39, 0.29) is 19.0 Å². The molecule has 1 aromatic rings. The topological polar surface area (TPSA) is 101 Å². The summed E-state index contributed by atoms with van der Waals surface area (Å²) in [5, 5.41) is 19.9. The van der Waals surface area contributed by atoms with Crippen molar-refractivity contribution >= 4 is 11.9 Å². The second-order valence-electron chi connectivity index (χ2n) is 4.87. The van der Waals surface area contributed by atoms with E-state index in [1.807, 2.05) is 6.92 Å². The summed E-state index contributed by atoms with van der Waals surface area (Å²) in [6, 6.07) is 0. The number of tetrazole rings is 1. The average molecular weight is 267 g/mol. The molecule has 104 valence electrons. The second kappa shape index (κ2) is 5.33. The summed E-state index contributed by atoms with van der Waals surface area (Å²) < 4.78 is 1.34. The van der Waals surface area contributed by atoms with Gasteiger partial charge in [-0.05, 0) is 29.7 Å². The van der Waals surface area contributed by atoms with Crippen LogP contribution in [0.4, 0.5) is 0 Å². The summed E-state index contributed by atoms with van der Waals surface area (Å²) in [5.41, 5.74) is -0.811. The summed E-state index contributed by atoms with van der Waals surface area (Å²) in [6.07, 6.45) is 3.22. The number of carbonyl (C=O) groups excluding carboxylic acids is 1. The summed E-state index contributed by atoms with van der Waals surface area (Å²) in [7, 11) is 0. The minimum Gasteiger partial charge on any atom is -0.481 e. The molecule has 0 aliphatic carbocycles. The molecule has 1 saturated heterocycles. The van der Waals surface area contributed by atoms with Gasteiger partial charge in [-0.25, -0.2) is 4.68 Å². The van der Waals surface area contributed by atoms with Crippen molar-refractivity contribution < 1.29 is 14.7 Å². The predicted octanol–water partition coefficient (Wildman–Crippen LogP) is -0.223. The van der Waals surface area contributed by atoms with Gasteiger partial charge in [0.05, 0.1) is 5.41 Å². The molecular formula is C11H17N5O3. The first kappa shape index (κ1) is 13.4. The van der Waals surface area contributed by atoms with Crippen LogP contribution in [0.2, 0.25) is 0 Å². The Morgan fingerprint density at radius 1 is 1.47 bits per heavy atom. The van der Waals surface area contributed by atoms with Crippen LogP contribution >= 0.6 is 0 Å². The maximum atomic E-state index is 12.1. The highest BCUT2D eigenvalue weighted by molar-refractivity contribution is 5.79. The third kappa shape index (κ3) is 2.72. The third-order valence-electron chi connectivity index (χ3n) is 3.75. The van der Waals surface area contributed by atoms with Gasteiger partial charge in [-0.3, -0.25) is 9.59 Å². The molecule has 8 nitrogen and oxygen atoms in total. The lowest BCUT2D eigenvalue weighted by Crippen LogP contribution is -2.50. The van der Waals surface area contributed by atoms with E-state index in [4.69, 9.17) is 0 Å². The second-order valence-corrected chi connectivity index (χ2v) is 4.87. The normalized spacial score (nSPS) is 23.3. The number of nitrogens with zero attached hydrogens (tertiary/aromatic N) is 5. The number of aromatic nitrogens is 4. The molecule has 0 radical (unpaired) electrons. The van der Waals surface area contributed by atoms with Crippen LogP contribution in [0.15, 0.2) is 6.33 Å². The van der Waals surface area contributed by atoms with Gasteiger partial charge in [-0.2, -0.15) is 0 Å². The Hall–Kier alpha value is -1.99. The molecule has 2 heterocycles. The van der Waals surface area contributed by atoms with Gasteiger partial charge in [0.2, 0.25) is 5.91 Å². The van der Waals surface area contributed by atoms with Gasteiger partial charge < -0.3 is 10.0 Å². The molecule has 1 fully saturated rings. The highest BCUT2D eigenvalue weighted by atomic mass is 16.4. The van der Waals surface area contributed by atoms with E-state index in [2.05, 4.69) is 15.5 Å². The molecular weight excluding hydrogens is 250 g/mol. The Morgan fingerprint density at radius 2 is 2.26 bits per heavy atom. The minimum absolute atomic E-state index is 0.0480. The van der Waals surface area contributed by atoms with E-state index in [0.717, 1.165) is 0 Å². The molecule has 1 amide bonds. The summed E-state index contributed by atoms with van der Waals surface area (Å²) in [6.45, 7) is 2.76. The molecule has 2 rings (SSSR count). The van der Waals surface area contributed by atoms with Gasteiger partial charge in [-0.15, -0.1) is 5.10 Å². The van der Waals surface area contributed by atoms with Gasteiger partial charge in [0.25, 0.3) is 0 Å². The molecule has 1 atom stereocenters. The van der Waals surface area contributed by atoms with Crippen molar-refractivity contribution in [3.8, 4) is 0 Å². The highest BCUT2D eigenvalue weighted by Crippen LogP contribution is 2.33. The summed E-state index contributed by atoms with van der Waals surface area (Å²) in [5.74, 6) is -0.971. The van der Waals surface area contributed by atoms with Crippen molar-refractivity contribution in [3.63, 3.8) is 0 Å². The Labute approximate surface area is 110 Å². The molecule has 19 heavy (non-hydrogen) atoms. The number of carboxylic acid groups (broad SMARTS) is 1. The lowest BCUT2D eigenvalue weighted by Gasteiger charge is -2.39. The van der Waals surface area contributed by atoms with Gasteiger partial charge in [0, 0.05) is 13.1 Å². The minimum atomic E-state index is -0.824. The summed E-state index contributed by atoms with van der Waals surface area (Å²) >= 11 is 0. The van der Waals surface area contributed by atoms with Crippen LogP contribution < -0.4 is 0 Å². The number of likely N-dealkylation sites (tertiary alicyclic amines) is 1. The average Bonchev–Trinajstić information content (AvgIpc) is 2.91. The molecule has 0 saturated carbocycles. The van der Waals surface area contributed by atoms with Gasteiger partial charge in [0.15, 0.2) is 0 Å². The third-order valence-corrected chi connectivity index (χ3v) is 3.75. The molecule has 0 bridgehead atoms. The zero-order valence-corrected chi connectivity index (χ0v) is 10.8. The van der Waals surface area contributed by atoms with Crippen LogP contribution in [0.3, 0.4) is 0 Å². The van der Waals surface area contributed by atoms with E-state index in [0.29, 0.717) is 25.8 Å². The van der Waals surface area contributed by atoms with Crippen molar-refractivity contribution in [1.29, 1.82) is 0 Å². The monoisotopic (exact) mass is 267 g/mol. The first-order chi connectivity index (χ1) is 9.07. The maximum absolute atomic E-state index is 12.1. The van der Waals surface area contributed by atoms with Crippen molar-refractivity contribution in [2.75, 3.05) is 13.1 Å². The molecule has 1 aliphatic rings. The van der Waals surface area contributed by atoms with Crippen LogP contribution in [0.25, 0.3) is 0 Å². The number of carboxylic acids is 1. The van der Waals surface area contributed by atoms with Crippen LogP contribution in [0.5, 0.6) is 0 Å². The maximum Gasteiger partial charge on any atom is 0.311 e. The van der Waals surface area contributed by atoms with Crippen molar-refractivity contribution in [3.05, 3.63) is 6.33 Å². The Balaban J connectivity index is 2.04. The van der Waals surface area contributed by atoms with Crippen molar-refractivity contribution in [2.45, 2.75) is 32.7 Å². The van der Waals surface area contributed by atoms with Gasteiger partial charge >= 0.3 is 5.97 Å². The fraction of sp³-hybridized carbons (Fsp3) is 0.727. The van der Waals surface area contributed by atoms with E-state index >= 15 is 0 Å². The quantitative estimate of drug-likeness (QED) is 0.809. The van der Waals surface area contributed by atoms with E-state index in [1.165, 1.54) is 11.0 Å². The molecule has 1 unspecified atom stereocenters. The molecule has 1 N–H and O–H groups in total. The zero-order valence-electron chi connectivity index (χ0n) is 10.8. The first-order valence-electron chi connectivity index (χ1n) is 6.29. The molecule has 0 aromatic carbocycles. The standard InChI is InChI=1S/C11H17N5O3/c1-2-11(10(18)19)4-3-5-15(7-11)9(17)6-16-8-12-13-14-16/h8H,2-7H2,1H3,(H,18,19). The predicted molar refractivity (Wildman–Crippen MR) is 64.0 cm³/mol. The van der Waals surface area contributed by atoms with Crippen LogP contribution in [-0.2, 0) is 16.1 Å². The molecule has 8 heteroatoms. The smallest absolute Gasteiger partial charge is 0.311 e. The Kier molecular flexibility index (Phi) is 3.77. The Morgan fingerprint density at radius 3 is 2.84 bits per heavy atom. The van der Waals surface area contributed by atoms with Gasteiger partial charge in [0.1, 0.15) is 12.9 Å². The molecule has 1 aromatic heterocycles. The zero-order chi connectivity index (χ0) is 13.9. The first-order valence-corrected chi connectivity index (χ1v) is 6.29. The Bertz CT molecular complexity index is 461. The molecule has 0 spiro atoms. The number of amides is 1. The number of aliphatic carboxylic acids is 1. The van der Waals surface area contributed by atoms with Crippen LogP contribution in [0, 0.1) is 5.41 Å². The van der Waals surface area contributed by atoms with E-state index < -0.39 is 11.4 Å². The van der Waals surface area contributed by atoms with Crippen molar-refractivity contribution in [1.82, 2.24) is 25.1 Å². The number of piperidine rings is 1. The fourth-order valence-corrected chi connectivity index (χ4v) is 2.45. The van der Waals surface area contributed by atoms with E-state index in [1.54, 1.807) is 4.90 Å². The lowest BCUT2D eigenvalue weighted by molar-refractivity contribution is -0.155.